The number of benzene rings is 3. The van der Waals surface area contributed by atoms with Gasteiger partial charge in [-0.3, -0.25) is 0 Å². The normalized spacial score (nSPS) is 11.8. The average Bonchev–Trinajstić information content (AvgIpc) is 2.96. The number of rotatable bonds is 17. The minimum absolute atomic E-state index is 0.0583. The molecule has 204 valence electrons. The molecular formula is C34H44O4. The van der Waals surface area contributed by atoms with Crippen LogP contribution in [0, 0.1) is 0 Å². The van der Waals surface area contributed by atoms with Crippen molar-refractivity contribution >= 4 is 5.97 Å². The van der Waals surface area contributed by atoms with Gasteiger partial charge >= 0.3 is 5.97 Å². The summed E-state index contributed by atoms with van der Waals surface area (Å²) in [6.07, 6.45) is 12.9. The molecule has 38 heavy (non-hydrogen) atoms. The highest BCUT2D eigenvalue weighted by atomic mass is 16.6. The standard InChI is InChI=1S/C34H44O4/c1-4-5-6-7-8-9-10-11-12-15-26-37-32-16-13-14-17-33(32)38-34(35)31-24-22-30(23-25-31)29-20-18-28(19-21-29)27(2)36-3/h13-14,16-25,27H,4-12,15,26H2,1-3H3. The molecule has 0 fully saturated rings. The molecule has 1 unspecified atom stereocenters. The smallest absolute Gasteiger partial charge is 0.343 e. The largest absolute Gasteiger partial charge is 0.490 e. The van der Waals surface area contributed by atoms with Crippen LogP contribution in [0.1, 0.15) is 100 Å². The lowest BCUT2D eigenvalue weighted by molar-refractivity contribution is 0.0728. The number of methoxy groups -OCH3 is 1. The second-order valence-electron chi connectivity index (χ2n) is 9.94. The highest BCUT2D eigenvalue weighted by Crippen LogP contribution is 2.28. The van der Waals surface area contributed by atoms with E-state index >= 15 is 0 Å². The van der Waals surface area contributed by atoms with Gasteiger partial charge in [-0.25, -0.2) is 4.79 Å². The van der Waals surface area contributed by atoms with Crippen molar-refractivity contribution in [2.45, 2.75) is 84.2 Å². The summed E-state index contributed by atoms with van der Waals surface area (Å²) in [5.74, 6) is 0.672. The van der Waals surface area contributed by atoms with Crippen molar-refractivity contribution in [3.8, 4) is 22.6 Å². The molecule has 0 bridgehead atoms. The van der Waals surface area contributed by atoms with Gasteiger partial charge in [0.1, 0.15) is 0 Å². The fourth-order valence-electron chi connectivity index (χ4n) is 4.47. The monoisotopic (exact) mass is 516 g/mol. The maximum absolute atomic E-state index is 12.8. The number of para-hydroxylation sites is 2. The number of hydrogen-bond donors (Lipinski definition) is 0. The number of carbonyl (C=O) groups is 1. The van der Waals surface area contributed by atoms with E-state index in [1.807, 2.05) is 37.3 Å². The topological polar surface area (TPSA) is 44.8 Å². The summed E-state index contributed by atoms with van der Waals surface area (Å²) in [5.41, 5.74) is 3.76. The second kappa shape index (κ2) is 16.7. The summed E-state index contributed by atoms with van der Waals surface area (Å²) in [6.45, 7) is 4.91. The van der Waals surface area contributed by atoms with Crippen molar-refractivity contribution in [2.75, 3.05) is 13.7 Å². The summed E-state index contributed by atoms with van der Waals surface area (Å²) in [5, 5.41) is 0. The van der Waals surface area contributed by atoms with Gasteiger partial charge in [-0.05, 0) is 54.3 Å². The molecule has 0 N–H and O–H groups in total. The Morgan fingerprint density at radius 2 is 1.21 bits per heavy atom. The molecule has 0 aliphatic heterocycles. The fourth-order valence-corrected chi connectivity index (χ4v) is 4.47. The van der Waals surface area contributed by atoms with Crippen LogP contribution in [-0.2, 0) is 4.74 Å². The molecule has 0 aromatic heterocycles. The van der Waals surface area contributed by atoms with E-state index in [1.165, 1.54) is 51.4 Å². The molecule has 1 atom stereocenters. The maximum Gasteiger partial charge on any atom is 0.343 e. The van der Waals surface area contributed by atoms with Crippen LogP contribution < -0.4 is 9.47 Å². The summed E-state index contributed by atoms with van der Waals surface area (Å²) >= 11 is 0. The first kappa shape index (κ1) is 29.4. The molecule has 0 saturated heterocycles. The molecule has 3 rings (SSSR count). The van der Waals surface area contributed by atoms with E-state index in [2.05, 4.69) is 31.2 Å². The van der Waals surface area contributed by atoms with Gasteiger partial charge in [-0.2, -0.15) is 0 Å². The van der Waals surface area contributed by atoms with E-state index in [9.17, 15) is 4.79 Å². The number of unbranched alkanes of at least 4 members (excludes halogenated alkanes) is 9. The van der Waals surface area contributed by atoms with Crippen LogP contribution in [0.5, 0.6) is 11.5 Å². The van der Waals surface area contributed by atoms with Crippen molar-refractivity contribution in [3.63, 3.8) is 0 Å². The molecule has 3 aromatic carbocycles. The summed E-state index contributed by atoms with van der Waals surface area (Å²) in [4.78, 5) is 12.8. The zero-order chi connectivity index (χ0) is 27.0. The Morgan fingerprint density at radius 1 is 0.684 bits per heavy atom. The lowest BCUT2D eigenvalue weighted by Crippen LogP contribution is -2.09. The van der Waals surface area contributed by atoms with E-state index in [1.54, 1.807) is 25.3 Å². The lowest BCUT2D eigenvalue weighted by atomic mass is 10.0. The van der Waals surface area contributed by atoms with Crippen LogP contribution >= 0.6 is 0 Å². The quantitative estimate of drug-likeness (QED) is 0.102. The fraction of sp³-hybridized carbons (Fsp3) is 0.441. The Morgan fingerprint density at radius 3 is 1.79 bits per heavy atom. The Balaban J connectivity index is 1.44. The zero-order valence-electron chi connectivity index (χ0n) is 23.4. The third kappa shape index (κ3) is 9.64. The van der Waals surface area contributed by atoms with Crippen LogP contribution in [0.15, 0.2) is 72.8 Å². The van der Waals surface area contributed by atoms with Crippen molar-refractivity contribution in [1.82, 2.24) is 0 Å². The van der Waals surface area contributed by atoms with Crippen LogP contribution in [0.25, 0.3) is 11.1 Å². The molecule has 0 saturated carbocycles. The maximum atomic E-state index is 12.8. The summed E-state index contributed by atoms with van der Waals surface area (Å²) in [7, 11) is 1.71. The summed E-state index contributed by atoms with van der Waals surface area (Å²) < 4.78 is 17.1. The van der Waals surface area contributed by atoms with Gasteiger partial charge in [-0.1, -0.05) is 113 Å². The van der Waals surface area contributed by atoms with E-state index in [0.717, 1.165) is 29.5 Å². The van der Waals surface area contributed by atoms with Crippen LogP contribution in [0.2, 0.25) is 0 Å². The first-order valence-electron chi connectivity index (χ1n) is 14.3. The molecule has 4 nitrogen and oxygen atoms in total. The lowest BCUT2D eigenvalue weighted by Gasteiger charge is -2.12. The van der Waals surface area contributed by atoms with Crippen molar-refractivity contribution in [1.29, 1.82) is 0 Å². The van der Waals surface area contributed by atoms with Crippen LogP contribution in [-0.4, -0.2) is 19.7 Å². The highest BCUT2D eigenvalue weighted by molar-refractivity contribution is 5.92. The molecule has 0 aliphatic carbocycles. The average molecular weight is 517 g/mol. The van der Waals surface area contributed by atoms with Gasteiger partial charge in [0.15, 0.2) is 11.5 Å². The van der Waals surface area contributed by atoms with E-state index in [4.69, 9.17) is 14.2 Å². The molecular weight excluding hydrogens is 472 g/mol. The third-order valence-corrected chi connectivity index (χ3v) is 6.99. The van der Waals surface area contributed by atoms with Gasteiger partial charge in [0, 0.05) is 7.11 Å². The molecule has 0 radical (unpaired) electrons. The van der Waals surface area contributed by atoms with E-state index in [0.29, 0.717) is 23.7 Å². The van der Waals surface area contributed by atoms with Gasteiger partial charge < -0.3 is 14.2 Å². The minimum Gasteiger partial charge on any atom is -0.490 e. The molecule has 3 aromatic rings. The first-order chi connectivity index (χ1) is 18.6. The predicted molar refractivity (Wildman–Crippen MR) is 156 cm³/mol. The second-order valence-corrected chi connectivity index (χ2v) is 9.94. The zero-order valence-corrected chi connectivity index (χ0v) is 23.4. The molecule has 0 heterocycles. The SMILES string of the molecule is CCCCCCCCCCCCOc1ccccc1OC(=O)c1ccc(-c2ccc(C(C)OC)cc2)cc1. The van der Waals surface area contributed by atoms with E-state index in [-0.39, 0.29) is 6.10 Å². The van der Waals surface area contributed by atoms with Crippen molar-refractivity contribution < 1.29 is 19.0 Å². The minimum atomic E-state index is -0.393. The first-order valence-corrected chi connectivity index (χ1v) is 14.3. The van der Waals surface area contributed by atoms with Gasteiger partial charge in [0.2, 0.25) is 0 Å². The van der Waals surface area contributed by atoms with Crippen molar-refractivity contribution in [3.05, 3.63) is 83.9 Å². The Labute approximate surface area is 229 Å². The predicted octanol–water partition coefficient (Wildman–Crippen LogP) is 9.58. The molecule has 4 heteroatoms. The molecule has 0 amide bonds. The van der Waals surface area contributed by atoms with Crippen molar-refractivity contribution in [2.24, 2.45) is 0 Å². The van der Waals surface area contributed by atoms with E-state index < -0.39 is 5.97 Å². The Bertz CT molecular complexity index is 1070. The number of carbonyl (C=O) groups excluding carboxylic acids is 1. The number of esters is 1. The van der Waals surface area contributed by atoms with Crippen LogP contribution in [0.3, 0.4) is 0 Å². The number of ether oxygens (including phenoxy) is 3. The van der Waals surface area contributed by atoms with Gasteiger partial charge in [0.25, 0.3) is 0 Å². The Kier molecular flexibility index (Phi) is 12.9. The number of hydrogen-bond acceptors (Lipinski definition) is 4. The molecule has 0 aliphatic rings. The van der Waals surface area contributed by atoms with Crippen LogP contribution in [0.4, 0.5) is 0 Å². The van der Waals surface area contributed by atoms with Gasteiger partial charge in [0.05, 0.1) is 18.3 Å². The Hall–Kier alpha value is -3.11. The third-order valence-electron chi connectivity index (χ3n) is 6.99. The highest BCUT2D eigenvalue weighted by Gasteiger charge is 2.13. The van der Waals surface area contributed by atoms with Gasteiger partial charge in [-0.15, -0.1) is 0 Å². The summed E-state index contributed by atoms with van der Waals surface area (Å²) in [6, 6.07) is 23.2. The molecule has 0 spiro atoms.